The second-order valence-corrected chi connectivity index (χ2v) is 5.21. The summed E-state index contributed by atoms with van der Waals surface area (Å²) in [4.78, 5) is 24.7. The number of amides is 2. The number of hydrogen-bond donors (Lipinski definition) is 2. The van der Waals surface area contributed by atoms with Crippen molar-refractivity contribution in [3.05, 3.63) is 29.6 Å². The Balaban J connectivity index is 2.29. The van der Waals surface area contributed by atoms with E-state index in [-0.39, 0.29) is 36.8 Å². The molecule has 1 aromatic carbocycles. The van der Waals surface area contributed by atoms with E-state index in [2.05, 4.69) is 17.6 Å². The van der Waals surface area contributed by atoms with Gasteiger partial charge in [-0.25, -0.2) is 4.39 Å². The van der Waals surface area contributed by atoms with Gasteiger partial charge >= 0.3 is 0 Å². The monoisotopic (exact) mass is 293 g/mol. The molecule has 0 aliphatic carbocycles. The molecule has 0 aromatic heterocycles. The average molecular weight is 293 g/mol. The van der Waals surface area contributed by atoms with Crippen LogP contribution in [0.2, 0.25) is 0 Å². The highest BCUT2D eigenvalue weighted by Crippen LogP contribution is 2.28. The van der Waals surface area contributed by atoms with E-state index in [0.29, 0.717) is 0 Å². The lowest BCUT2D eigenvalue weighted by Crippen LogP contribution is -2.51. The molecule has 1 heterocycles. The second-order valence-electron chi connectivity index (χ2n) is 5.21. The molecule has 1 aliphatic heterocycles. The summed E-state index contributed by atoms with van der Waals surface area (Å²) in [6.45, 7) is 5.02. The molecule has 0 spiro atoms. The Morgan fingerprint density at radius 1 is 1.33 bits per heavy atom. The number of rotatable bonds is 5. The number of nitrogens with one attached hydrogen (secondary N) is 2. The van der Waals surface area contributed by atoms with Gasteiger partial charge in [0.15, 0.2) is 0 Å². The van der Waals surface area contributed by atoms with Gasteiger partial charge in [-0.2, -0.15) is 0 Å². The van der Waals surface area contributed by atoms with Gasteiger partial charge < -0.3 is 10.2 Å². The van der Waals surface area contributed by atoms with Gasteiger partial charge in [-0.05, 0) is 43.7 Å². The third-order valence-electron chi connectivity index (χ3n) is 3.45. The van der Waals surface area contributed by atoms with Crippen LogP contribution in [0.4, 0.5) is 10.1 Å². The minimum Gasteiger partial charge on any atom is -0.353 e. The highest BCUT2D eigenvalue weighted by molar-refractivity contribution is 6.02. The first kappa shape index (κ1) is 15.4. The molecule has 1 unspecified atom stereocenters. The molecule has 6 heteroatoms. The Kier molecular flexibility index (Phi) is 4.90. The van der Waals surface area contributed by atoms with Crippen LogP contribution in [0.25, 0.3) is 0 Å². The maximum Gasteiger partial charge on any atom is 0.246 e. The largest absolute Gasteiger partial charge is 0.353 e. The number of halogens is 1. The van der Waals surface area contributed by atoms with Crippen molar-refractivity contribution < 1.29 is 14.0 Å². The van der Waals surface area contributed by atoms with Gasteiger partial charge in [0.25, 0.3) is 0 Å². The third-order valence-corrected chi connectivity index (χ3v) is 3.45. The van der Waals surface area contributed by atoms with Crippen LogP contribution in [0, 0.1) is 5.82 Å². The number of carbonyl (C=O) groups excluding carboxylic acids is 2. The lowest BCUT2D eigenvalue weighted by atomic mass is 10.0. The molecule has 0 bridgehead atoms. The summed E-state index contributed by atoms with van der Waals surface area (Å²) in [5.74, 6) is -1.00. The maximum atomic E-state index is 13.6. The summed E-state index contributed by atoms with van der Waals surface area (Å²) in [6.07, 6.45) is 0.972. The highest BCUT2D eigenvalue weighted by Gasteiger charge is 2.25. The first-order valence-corrected chi connectivity index (χ1v) is 7.11. The number of piperazine rings is 1. The number of carbonyl (C=O) groups is 2. The second kappa shape index (κ2) is 6.67. The van der Waals surface area contributed by atoms with E-state index in [4.69, 9.17) is 0 Å². The van der Waals surface area contributed by atoms with Crippen LogP contribution in [0.15, 0.2) is 18.2 Å². The van der Waals surface area contributed by atoms with Crippen LogP contribution in [-0.4, -0.2) is 31.4 Å². The Hall–Kier alpha value is -1.95. The van der Waals surface area contributed by atoms with E-state index >= 15 is 0 Å². The third kappa shape index (κ3) is 3.78. The molecule has 1 fully saturated rings. The molecule has 0 saturated carbocycles. The zero-order chi connectivity index (χ0) is 15.4. The minimum atomic E-state index is -0.337. The fourth-order valence-electron chi connectivity index (χ4n) is 2.44. The lowest BCUT2D eigenvalue weighted by molar-refractivity contribution is -0.130. The molecule has 0 radical (unpaired) electrons. The normalized spacial score (nSPS) is 16.8. The van der Waals surface area contributed by atoms with Crippen LogP contribution in [0.1, 0.15) is 31.9 Å². The molecule has 21 heavy (non-hydrogen) atoms. The number of hydrogen-bond acceptors (Lipinski definition) is 4. The summed E-state index contributed by atoms with van der Waals surface area (Å²) in [5, 5.41) is 5.56. The summed E-state index contributed by atoms with van der Waals surface area (Å²) < 4.78 is 13.6. The molecule has 2 amide bonds. The lowest BCUT2D eigenvalue weighted by Gasteiger charge is -2.30. The summed E-state index contributed by atoms with van der Waals surface area (Å²) in [5.41, 5.74) is 1.47. The fraction of sp³-hybridized carbons (Fsp3) is 0.467. The summed E-state index contributed by atoms with van der Waals surface area (Å²) in [6, 6.07) is 4.37. The van der Waals surface area contributed by atoms with Crippen molar-refractivity contribution in [3.63, 3.8) is 0 Å². The number of nitrogens with zero attached hydrogens (tertiary/aromatic N) is 1. The molecular weight excluding hydrogens is 273 g/mol. The van der Waals surface area contributed by atoms with Crippen LogP contribution in [0.5, 0.6) is 0 Å². The van der Waals surface area contributed by atoms with E-state index in [1.54, 1.807) is 11.0 Å². The van der Waals surface area contributed by atoms with Crippen molar-refractivity contribution >= 4 is 17.5 Å². The quantitative estimate of drug-likeness (QED) is 0.805. The van der Waals surface area contributed by atoms with Crippen LogP contribution < -0.4 is 15.5 Å². The number of anilines is 1. The first-order chi connectivity index (χ1) is 10.0. The van der Waals surface area contributed by atoms with Crippen molar-refractivity contribution in [3.8, 4) is 0 Å². The average Bonchev–Trinajstić information content (AvgIpc) is 2.43. The molecule has 2 N–H and O–H groups in total. The van der Waals surface area contributed by atoms with Gasteiger partial charge in [0.2, 0.25) is 11.8 Å². The Bertz CT molecular complexity index is 532. The zero-order valence-corrected chi connectivity index (χ0v) is 12.3. The van der Waals surface area contributed by atoms with E-state index in [9.17, 15) is 14.0 Å². The minimum absolute atomic E-state index is 0.0595. The maximum absolute atomic E-state index is 13.6. The predicted molar refractivity (Wildman–Crippen MR) is 78.5 cm³/mol. The molecule has 1 saturated heterocycles. The van der Waals surface area contributed by atoms with Crippen LogP contribution >= 0.6 is 0 Å². The fourth-order valence-corrected chi connectivity index (χ4v) is 2.44. The Morgan fingerprint density at radius 2 is 2.00 bits per heavy atom. The van der Waals surface area contributed by atoms with Gasteiger partial charge in [-0.3, -0.25) is 14.9 Å². The van der Waals surface area contributed by atoms with Crippen molar-refractivity contribution in [2.24, 2.45) is 0 Å². The molecule has 114 valence electrons. The van der Waals surface area contributed by atoms with E-state index in [1.165, 1.54) is 12.1 Å². The van der Waals surface area contributed by atoms with Crippen LogP contribution in [0.3, 0.4) is 0 Å². The highest BCUT2D eigenvalue weighted by atomic mass is 19.1. The summed E-state index contributed by atoms with van der Waals surface area (Å²) in [7, 11) is 0. The van der Waals surface area contributed by atoms with E-state index in [1.807, 2.05) is 6.92 Å². The predicted octanol–water partition coefficient (Wildman–Crippen LogP) is 1.35. The van der Waals surface area contributed by atoms with Gasteiger partial charge in [-0.15, -0.1) is 0 Å². The Morgan fingerprint density at radius 3 is 2.62 bits per heavy atom. The molecule has 1 atom stereocenters. The first-order valence-electron chi connectivity index (χ1n) is 7.11. The van der Waals surface area contributed by atoms with Crippen molar-refractivity contribution in [1.82, 2.24) is 10.6 Å². The number of imide groups is 1. The summed E-state index contributed by atoms with van der Waals surface area (Å²) >= 11 is 0. The topological polar surface area (TPSA) is 61.4 Å². The molecule has 5 nitrogen and oxygen atoms in total. The van der Waals surface area contributed by atoms with Gasteiger partial charge in [0.1, 0.15) is 5.82 Å². The smallest absolute Gasteiger partial charge is 0.246 e. The number of benzene rings is 1. The molecule has 1 aromatic rings. The van der Waals surface area contributed by atoms with Crippen LogP contribution in [-0.2, 0) is 9.59 Å². The molecular formula is C15H20FN3O2. The van der Waals surface area contributed by atoms with Gasteiger partial charge in [0, 0.05) is 11.7 Å². The van der Waals surface area contributed by atoms with Crippen molar-refractivity contribution in [1.29, 1.82) is 0 Å². The van der Waals surface area contributed by atoms with Gasteiger partial charge in [0.05, 0.1) is 13.1 Å². The zero-order valence-electron chi connectivity index (χ0n) is 12.3. The van der Waals surface area contributed by atoms with E-state index < -0.39 is 0 Å². The Labute approximate surface area is 123 Å². The SMILES string of the molecule is CCCNC(C)c1cc(F)ccc1N1CC(=O)NC(=O)C1. The molecule has 2 rings (SSSR count). The molecule has 1 aliphatic rings. The van der Waals surface area contributed by atoms with Gasteiger partial charge in [-0.1, -0.05) is 6.92 Å². The van der Waals surface area contributed by atoms with Crippen molar-refractivity contribution in [2.75, 3.05) is 24.5 Å². The van der Waals surface area contributed by atoms with Crippen molar-refractivity contribution in [2.45, 2.75) is 26.3 Å². The van der Waals surface area contributed by atoms with E-state index in [0.717, 1.165) is 24.2 Å². The standard InChI is InChI=1S/C15H20FN3O2/c1-3-6-17-10(2)12-7-11(16)4-5-13(12)19-8-14(20)18-15(21)9-19/h4-5,7,10,17H,3,6,8-9H2,1-2H3,(H,18,20,21).